The molecular weight excluding hydrogens is 144 g/mol. The molecule has 0 radical (unpaired) electrons. The summed E-state index contributed by atoms with van der Waals surface area (Å²) in [6, 6.07) is 0. The lowest BCUT2D eigenvalue weighted by Gasteiger charge is -2.62. The van der Waals surface area contributed by atoms with E-state index in [9.17, 15) is 0 Å². The highest BCUT2D eigenvalue weighted by Crippen LogP contribution is 2.65. The van der Waals surface area contributed by atoms with Crippen LogP contribution >= 0.6 is 0 Å². The Hall–Kier alpha value is 0. The molecule has 1 spiro atoms. The summed E-state index contributed by atoms with van der Waals surface area (Å²) in [4.78, 5) is 0. The lowest BCUT2D eigenvalue weighted by molar-refractivity contribution is -0.119. The first-order valence-electron chi connectivity index (χ1n) is 5.58. The van der Waals surface area contributed by atoms with Gasteiger partial charge in [0.15, 0.2) is 0 Å². The molecule has 0 nitrogen and oxygen atoms in total. The summed E-state index contributed by atoms with van der Waals surface area (Å²) in [5, 5.41) is 0. The molecule has 2 fully saturated rings. The van der Waals surface area contributed by atoms with Crippen molar-refractivity contribution in [2.45, 2.75) is 59.3 Å². The molecule has 2 rings (SSSR count). The van der Waals surface area contributed by atoms with Crippen LogP contribution in [0.25, 0.3) is 0 Å². The lowest BCUT2D eigenvalue weighted by atomic mass is 9.43. The maximum atomic E-state index is 2.49. The molecule has 0 heteroatoms. The normalized spacial score (nSPS) is 45.8. The topological polar surface area (TPSA) is 0 Å². The summed E-state index contributed by atoms with van der Waals surface area (Å²) >= 11 is 0. The van der Waals surface area contributed by atoms with Crippen molar-refractivity contribution >= 4 is 0 Å². The van der Waals surface area contributed by atoms with Gasteiger partial charge in [-0.05, 0) is 36.0 Å². The number of hydrogen-bond acceptors (Lipinski definition) is 0. The minimum Gasteiger partial charge on any atom is -0.0620 e. The molecule has 0 saturated heterocycles. The molecule has 0 aromatic rings. The Labute approximate surface area is 76.7 Å². The van der Waals surface area contributed by atoms with Crippen molar-refractivity contribution in [3.63, 3.8) is 0 Å². The monoisotopic (exact) mass is 166 g/mol. The van der Waals surface area contributed by atoms with Crippen molar-refractivity contribution in [3.05, 3.63) is 0 Å². The third kappa shape index (κ3) is 0.900. The van der Waals surface area contributed by atoms with Crippen LogP contribution in [0, 0.1) is 16.7 Å². The van der Waals surface area contributed by atoms with E-state index >= 15 is 0 Å². The highest BCUT2D eigenvalue weighted by molar-refractivity contribution is 5.05. The van der Waals surface area contributed by atoms with Crippen molar-refractivity contribution < 1.29 is 0 Å². The zero-order chi connectivity index (χ0) is 8.82. The molecule has 0 aromatic carbocycles. The predicted octanol–water partition coefficient (Wildman–Crippen LogP) is 4.00. The molecule has 2 unspecified atom stereocenters. The zero-order valence-electron chi connectivity index (χ0n) is 8.82. The Kier molecular flexibility index (Phi) is 1.79. The predicted molar refractivity (Wildman–Crippen MR) is 53.1 cm³/mol. The first-order valence-corrected chi connectivity index (χ1v) is 5.58. The van der Waals surface area contributed by atoms with Crippen molar-refractivity contribution in [2.75, 3.05) is 0 Å². The Morgan fingerprint density at radius 3 is 2.08 bits per heavy atom. The van der Waals surface area contributed by atoms with Crippen molar-refractivity contribution in [2.24, 2.45) is 16.7 Å². The van der Waals surface area contributed by atoms with Crippen LogP contribution in [0.5, 0.6) is 0 Å². The van der Waals surface area contributed by atoms with E-state index in [-0.39, 0.29) is 0 Å². The second-order valence-electron chi connectivity index (χ2n) is 5.69. The van der Waals surface area contributed by atoms with E-state index in [1.165, 1.54) is 38.5 Å². The average molecular weight is 166 g/mol. The second-order valence-corrected chi connectivity index (χ2v) is 5.69. The van der Waals surface area contributed by atoms with Gasteiger partial charge in [-0.15, -0.1) is 0 Å². The summed E-state index contributed by atoms with van der Waals surface area (Å²) in [5.74, 6) is 0.995. The van der Waals surface area contributed by atoms with E-state index in [1.807, 2.05) is 0 Å². The number of hydrogen-bond donors (Lipinski definition) is 0. The van der Waals surface area contributed by atoms with E-state index in [2.05, 4.69) is 20.8 Å². The average Bonchev–Trinajstić information content (AvgIpc) is 2.03. The molecule has 2 aliphatic carbocycles. The molecule has 0 aromatic heterocycles. The molecule has 70 valence electrons. The molecule has 0 bridgehead atoms. The summed E-state index contributed by atoms with van der Waals surface area (Å²) in [6.45, 7) is 7.46. The van der Waals surface area contributed by atoms with Crippen molar-refractivity contribution in [1.82, 2.24) is 0 Å². The SMILES string of the molecule is CC1CCCCC12CCC2(C)C. The molecule has 2 aliphatic rings. The van der Waals surface area contributed by atoms with Crippen LogP contribution in [0.4, 0.5) is 0 Å². The molecule has 0 amide bonds. The van der Waals surface area contributed by atoms with Crippen molar-refractivity contribution in [3.8, 4) is 0 Å². The summed E-state index contributed by atoms with van der Waals surface area (Å²) in [7, 11) is 0. The highest BCUT2D eigenvalue weighted by atomic mass is 14.6. The van der Waals surface area contributed by atoms with Gasteiger partial charge in [0.1, 0.15) is 0 Å². The summed E-state index contributed by atoms with van der Waals surface area (Å²) in [5.41, 5.74) is 1.41. The van der Waals surface area contributed by atoms with Crippen LogP contribution in [0.3, 0.4) is 0 Å². The van der Waals surface area contributed by atoms with Gasteiger partial charge in [-0.2, -0.15) is 0 Å². The fourth-order valence-corrected chi connectivity index (χ4v) is 3.74. The Morgan fingerprint density at radius 1 is 1.00 bits per heavy atom. The van der Waals surface area contributed by atoms with E-state index in [0.717, 1.165) is 11.3 Å². The zero-order valence-corrected chi connectivity index (χ0v) is 8.82. The minimum absolute atomic E-state index is 0.660. The van der Waals surface area contributed by atoms with Crippen LogP contribution in [-0.4, -0.2) is 0 Å². The van der Waals surface area contributed by atoms with Gasteiger partial charge in [0.2, 0.25) is 0 Å². The van der Waals surface area contributed by atoms with E-state index in [0.29, 0.717) is 5.41 Å². The van der Waals surface area contributed by atoms with Gasteiger partial charge < -0.3 is 0 Å². The third-order valence-electron chi connectivity index (χ3n) is 5.00. The van der Waals surface area contributed by atoms with Crippen LogP contribution in [0.1, 0.15) is 59.3 Å². The standard InChI is InChI=1S/C12H22/c1-10-6-4-5-7-12(10)9-8-11(12,2)3/h10H,4-9H2,1-3H3. The molecule has 0 aliphatic heterocycles. The molecule has 0 heterocycles. The van der Waals surface area contributed by atoms with E-state index < -0.39 is 0 Å². The molecule has 2 atom stereocenters. The van der Waals surface area contributed by atoms with Gasteiger partial charge >= 0.3 is 0 Å². The number of rotatable bonds is 0. The summed E-state index contributed by atoms with van der Waals surface area (Å²) in [6.07, 6.45) is 8.97. The maximum Gasteiger partial charge on any atom is -0.0220 e. The Morgan fingerprint density at radius 2 is 1.75 bits per heavy atom. The third-order valence-corrected chi connectivity index (χ3v) is 5.00. The van der Waals surface area contributed by atoms with E-state index in [4.69, 9.17) is 0 Å². The van der Waals surface area contributed by atoms with Gasteiger partial charge in [-0.25, -0.2) is 0 Å². The quantitative estimate of drug-likeness (QED) is 0.510. The highest BCUT2D eigenvalue weighted by Gasteiger charge is 2.55. The fourth-order valence-electron chi connectivity index (χ4n) is 3.74. The first kappa shape index (κ1) is 8.59. The van der Waals surface area contributed by atoms with Gasteiger partial charge in [0.25, 0.3) is 0 Å². The van der Waals surface area contributed by atoms with Crippen molar-refractivity contribution in [1.29, 1.82) is 0 Å². The minimum atomic E-state index is 0.660. The van der Waals surface area contributed by atoms with Gasteiger partial charge in [0, 0.05) is 0 Å². The van der Waals surface area contributed by atoms with Gasteiger partial charge in [0.05, 0.1) is 0 Å². The molecular formula is C12H22. The van der Waals surface area contributed by atoms with Gasteiger partial charge in [-0.3, -0.25) is 0 Å². The lowest BCUT2D eigenvalue weighted by Crippen LogP contribution is -2.52. The fraction of sp³-hybridized carbons (Fsp3) is 1.00. The van der Waals surface area contributed by atoms with Crippen LogP contribution in [0.15, 0.2) is 0 Å². The Balaban J connectivity index is 2.18. The van der Waals surface area contributed by atoms with Gasteiger partial charge in [-0.1, -0.05) is 40.0 Å². The summed E-state index contributed by atoms with van der Waals surface area (Å²) < 4.78 is 0. The van der Waals surface area contributed by atoms with Crippen LogP contribution in [-0.2, 0) is 0 Å². The second kappa shape index (κ2) is 2.49. The largest absolute Gasteiger partial charge is 0.0620 e. The first-order chi connectivity index (χ1) is 5.58. The maximum absolute atomic E-state index is 2.49. The van der Waals surface area contributed by atoms with Crippen LogP contribution in [0.2, 0.25) is 0 Å². The molecule has 2 saturated carbocycles. The van der Waals surface area contributed by atoms with E-state index in [1.54, 1.807) is 0 Å². The molecule has 12 heavy (non-hydrogen) atoms. The van der Waals surface area contributed by atoms with Crippen LogP contribution < -0.4 is 0 Å². The Bertz CT molecular complexity index is 180. The molecule has 0 N–H and O–H groups in total. The smallest absolute Gasteiger partial charge is 0.0220 e.